The van der Waals surface area contributed by atoms with Gasteiger partial charge in [0.2, 0.25) is 10.0 Å². The molecule has 10 heteroatoms. The van der Waals surface area contributed by atoms with E-state index in [0.717, 1.165) is 34.9 Å². The monoisotopic (exact) mass is 602 g/mol. The van der Waals surface area contributed by atoms with E-state index in [1.54, 1.807) is 6.07 Å². The van der Waals surface area contributed by atoms with Crippen molar-refractivity contribution in [2.45, 2.75) is 44.9 Å². The Labute approximate surface area is 252 Å². The molecule has 226 valence electrons. The summed E-state index contributed by atoms with van der Waals surface area (Å²) in [4.78, 5) is 25.5. The summed E-state index contributed by atoms with van der Waals surface area (Å²) in [5, 5.41) is 7.35. The highest BCUT2D eigenvalue weighted by molar-refractivity contribution is 7.92. The molecule has 4 aromatic rings. The number of aromatic nitrogens is 1. The summed E-state index contributed by atoms with van der Waals surface area (Å²) in [6.45, 7) is 3.83. The lowest BCUT2D eigenvalue weighted by atomic mass is 9.99. The molecule has 2 N–H and O–H groups in total. The van der Waals surface area contributed by atoms with Crippen LogP contribution >= 0.6 is 0 Å². The summed E-state index contributed by atoms with van der Waals surface area (Å²) in [6, 6.07) is 22.7. The Kier molecular flexibility index (Phi) is 9.47. The Morgan fingerprint density at radius 3 is 2.42 bits per heavy atom. The lowest BCUT2D eigenvalue weighted by Crippen LogP contribution is -2.50. The van der Waals surface area contributed by atoms with E-state index in [0.29, 0.717) is 43.8 Å². The Morgan fingerprint density at radius 2 is 1.74 bits per heavy atom. The van der Waals surface area contributed by atoms with Gasteiger partial charge in [-0.25, -0.2) is 8.42 Å². The first kappa shape index (κ1) is 30.3. The minimum absolute atomic E-state index is 0.0201. The van der Waals surface area contributed by atoms with E-state index in [4.69, 9.17) is 4.74 Å². The number of amides is 1. The van der Waals surface area contributed by atoms with Gasteiger partial charge in [0.25, 0.3) is 12.4 Å². The quantitative estimate of drug-likeness (QED) is 0.179. The lowest BCUT2D eigenvalue weighted by molar-refractivity contribution is -0.134. The molecule has 3 aromatic carbocycles. The van der Waals surface area contributed by atoms with E-state index in [1.165, 1.54) is 16.9 Å². The van der Waals surface area contributed by atoms with Gasteiger partial charge in [0.15, 0.2) is 0 Å². The highest BCUT2D eigenvalue weighted by atomic mass is 32.2. The minimum Gasteiger partial charge on any atom is -0.461 e. The first-order chi connectivity index (χ1) is 20.8. The number of nitrogens with zero attached hydrogens (tertiary/aromatic N) is 2. The van der Waals surface area contributed by atoms with Crippen molar-refractivity contribution in [3.05, 3.63) is 101 Å². The summed E-state index contributed by atoms with van der Waals surface area (Å²) >= 11 is 0. The van der Waals surface area contributed by atoms with E-state index >= 15 is 0 Å². The van der Waals surface area contributed by atoms with Crippen molar-refractivity contribution in [1.82, 2.24) is 15.2 Å². The van der Waals surface area contributed by atoms with Gasteiger partial charge < -0.3 is 19.9 Å². The molecule has 1 amide bonds. The Balaban J connectivity index is 1.43. The summed E-state index contributed by atoms with van der Waals surface area (Å²) in [5.41, 5.74) is 4.85. The van der Waals surface area contributed by atoms with E-state index < -0.39 is 22.2 Å². The second kappa shape index (κ2) is 13.4. The highest BCUT2D eigenvalue weighted by Crippen LogP contribution is 2.35. The van der Waals surface area contributed by atoms with Gasteiger partial charge in [-0.05, 0) is 54.6 Å². The van der Waals surface area contributed by atoms with Gasteiger partial charge in [-0.3, -0.25) is 13.9 Å². The Morgan fingerprint density at radius 1 is 1.05 bits per heavy atom. The highest BCUT2D eigenvalue weighted by Gasteiger charge is 2.30. The zero-order valence-electron chi connectivity index (χ0n) is 24.5. The zero-order valence-corrected chi connectivity index (χ0v) is 25.3. The van der Waals surface area contributed by atoms with E-state index in [2.05, 4.69) is 22.8 Å². The number of carbonyl (C=O) groups excluding carboxylic acids is 2. The standard InChI is InChI=1S/C33H38N4O5S/c1-3-26-22-37-16-17-43(40,41)36(2)30-20-27(19-28(26)32(30)37)33(39)35-29(18-25-12-8-5-9-13-25)31(42-23-38)21-34-15-14-24-10-6-4-7-11-24/h4-13,19-20,22-23,29,31,34H,3,14-18,21H2,1-2H3,(H,35,39)/t29-,31+/m0/s1. The lowest BCUT2D eigenvalue weighted by Gasteiger charge is -2.27. The molecule has 0 radical (unpaired) electrons. The summed E-state index contributed by atoms with van der Waals surface area (Å²) < 4.78 is 34.7. The molecule has 0 saturated heterocycles. The van der Waals surface area contributed by atoms with E-state index in [9.17, 15) is 18.0 Å². The van der Waals surface area contributed by atoms with Crippen molar-refractivity contribution in [3.8, 4) is 0 Å². The summed E-state index contributed by atoms with van der Waals surface area (Å²) in [6.07, 6.45) is 3.33. The molecule has 0 bridgehead atoms. The van der Waals surface area contributed by atoms with Gasteiger partial charge in [-0.1, -0.05) is 67.6 Å². The van der Waals surface area contributed by atoms with Crippen molar-refractivity contribution in [1.29, 1.82) is 0 Å². The van der Waals surface area contributed by atoms with Gasteiger partial charge in [0.1, 0.15) is 6.10 Å². The molecular weight excluding hydrogens is 564 g/mol. The third-order valence-corrected chi connectivity index (χ3v) is 9.83. The summed E-state index contributed by atoms with van der Waals surface area (Å²) in [7, 11) is -2.01. The first-order valence-corrected chi connectivity index (χ1v) is 16.2. The van der Waals surface area contributed by atoms with Crippen LogP contribution in [0, 0.1) is 0 Å². The van der Waals surface area contributed by atoms with Gasteiger partial charge in [-0.15, -0.1) is 0 Å². The van der Waals surface area contributed by atoms with Gasteiger partial charge in [0.05, 0.1) is 23.0 Å². The first-order valence-electron chi connectivity index (χ1n) is 14.6. The van der Waals surface area contributed by atoms with E-state index in [1.807, 2.05) is 72.3 Å². The fourth-order valence-corrected chi connectivity index (χ4v) is 6.83. The molecule has 1 aromatic heterocycles. The van der Waals surface area contributed by atoms with Gasteiger partial charge in [0, 0.05) is 37.3 Å². The number of ether oxygens (including phenoxy) is 1. The maximum atomic E-state index is 13.9. The smallest absolute Gasteiger partial charge is 0.293 e. The third-order valence-electron chi connectivity index (χ3n) is 8.10. The second-order valence-corrected chi connectivity index (χ2v) is 13.0. The number of carbonyl (C=O) groups is 2. The number of hydrogen-bond acceptors (Lipinski definition) is 6. The normalized spacial score (nSPS) is 15.4. The Bertz CT molecular complexity index is 1670. The van der Waals surface area contributed by atoms with Crippen molar-refractivity contribution in [3.63, 3.8) is 0 Å². The molecule has 0 spiro atoms. The van der Waals surface area contributed by atoms with Crippen LogP contribution in [-0.2, 0) is 45.4 Å². The molecule has 2 heterocycles. The number of sulfonamides is 1. The number of rotatable bonds is 13. The average Bonchev–Trinajstić information content (AvgIpc) is 3.35. The number of hydrogen-bond donors (Lipinski definition) is 2. The summed E-state index contributed by atoms with van der Waals surface area (Å²) in [5.74, 6) is -0.388. The van der Waals surface area contributed by atoms with Crippen LogP contribution in [0.4, 0.5) is 5.69 Å². The minimum atomic E-state index is -3.55. The molecule has 43 heavy (non-hydrogen) atoms. The molecule has 1 aliphatic rings. The van der Waals surface area contributed by atoms with Crippen LogP contribution < -0.4 is 14.9 Å². The predicted molar refractivity (Wildman–Crippen MR) is 169 cm³/mol. The molecule has 0 fully saturated rings. The van der Waals surface area contributed by atoms with Crippen molar-refractivity contribution in [2.75, 3.05) is 30.2 Å². The predicted octanol–water partition coefficient (Wildman–Crippen LogP) is 3.70. The number of benzene rings is 3. The Hall–Kier alpha value is -4.15. The largest absolute Gasteiger partial charge is 0.461 e. The number of anilines is 1. The molecule has 0 saturated carbocycles. The topological polar surface area (TPSA) is 110 Å². The van der Waals surface area contributed by atoms with Crippen LogP contribution in [0.25, 0.3) is 10.9 Å². The maximum Gasteiger partial charge on any atom is 0.293 e. The van der Waals surface area contributed by atoms with Crippen LogP contribution in [0.5, 0.6) is 0 Å². The van der Waals surface area contributed by atoms with Crippen LogP contribution in [-0.4, -0.2) is 63.4 Å². The molecular formula is C33H38N4O5S. The SMILES string of the molecule is CCc1cn2c3c(cc(C(=O)N[C@@H](Cc4ccccc4)[C@@H](CNCCc4ccccc4)OC=O)cc13)N(C)S(=O)(=O)CC2. The molecule has 2 atom stereocenters. The molecule has 0 aliphatic carbocycles. The van der Waals surface area contributed by atoms with Crippen LogP contribution in [0.1, 0.15) is 34.0 Å². The van der Waals surface area contributed by atoms with Crippen molar-refractivity contribution < 1.29 is 22.7 Å². The number of aryl methyl sites for hydroxylation is 2. The van der Waals surface area contributed by atoms with Gasteiger partial charge >= 0.3 is 0 Å². The van der Waals surface area contributed by atoms with E-state index in [-0.39, 0.29) is 11.7 Å². The van der Waals surface area contributed by atoms with Gasteiger partial charge in [-0.2, -0.15) is 0 Å². The van der Waals surface area contributed by atoms with Crippen molar-refractivity contribution in [2.24, 2.45) is 0 Å². The maximum absolute atomic E-state index is 13.9. The molecule has 1 aliphatic heterocycles. The average molecular weight is 603 g/mol. The fraction of sp³-hybridized carbons (Fsp3) is 0.333. The third kappa shape index (κ3) is 6.92. The number of nitrogens with one attached hydrogen (secondary N) is 2. The molecule has 0 unspecified atom stereocenters. The zero-order chi connectivity index (χ0) is 30.4. The fourth-order valence-electron chi connectivity index (χ4n) is 5.69. The molecule has 9 nitrogen and oxygen atoms in total. The van der Waals surface area contributed by atoms with Crippen molar-refractivity contribution >= 4 is 39.0 Å². The second-order valence-electron chi connectivity index (χ2n) is 10.9. The van der Waals surface area contributed by atoms with Crippen LogP contribution in [0.15, 0.2) is 79.0 Å². The molecule has 5 rings (SSSR count). The van der Waals surface area contributed by atoms with Crippen LogP contribution in [0.3, 0.4) is 0 Å². The van der Waals surface area contributed by atoms with Crippen LogP contribution in [0.2, 0.25) is 0 Å².